The van der Waals surface area contributed by atoms with Gasteiger partial charge in [0.15, 0.2) is 0 Å². The van der Waals surface area contributed by atoms with Gasteiger partial charge in [-0.25, -0.2) is 0 Å². The van der Waals surface area contributed by atoms with Crippen LogP contribution in [-0.2, 0) is 4.79 Å². The number of amides is 1. The van der Waals surface area contributed by atoms with Gasteiger partial charge >= 0.3 is 0 Å². The van der Waals surface area contributed by atoms with E-state index in [1.54, 1.807) is 0 Å². The van der Waals surface area contributed by atoms with Gasteiger partial charge in [0, 0.05) is 32.1 Å². The molecule has 0 aromatic heterocycles. The molecule has 3 N–H and O–H groups in total. The van der Waals surface area contributed by atoms with Crippen LogP contribution in [0.5, 0.6) is 0 Å². The molecule has 4 nitrogen and oxygen atoms in total. The lowest BCUT2D eigenvalue weighted by Gasteiger charge is -2.10. The Morgan fingerprint density at radius 1 is 0.697 bits per heavy atom. The molecule has 0 aromatic rings. The summed E-state index contributed by atoms with van der Waals surface area (Å²) in [6.07, 6.45) is 35.9. The summed E-state index contributed by atoms with van der Waals surface area (Å²) in [5.41, 5.74) is 0. The standard InChI is InChI=1S/C29H47NO3/c1-2-3-4-5-6-7-8-9-10-11-12-13-14-15-16-17-18-19-20-24-29(33)30-25-22-21-23-28(26-31)27-32/h3-4,6-7,9-10,12-13,15-16,18-19,28,31-32H,2,5,8,11,14,17,20-27H2,1H3,(H,30,33)/b4-3+,7-6+,10-9+,13-12+,16-15+,19-18+. The third-order valence-electron chi connectivity index (χ3n) is 5.01. The van der Waals surface area contributed by atoms with Gasteiger partial charge < -0.3 is 15.5 Å². The number of hydrogen-bond acceptors (Lipinski definition) is 3. The van der Waals surface area contributed by atoms with Gasteiger partial charge in [-0.05, 0) is 57.8 Å². The number of allylic oxidation sites excluding steroid dienone is 12. The van der Waals surface area contributed by atoms with Gasteiger partial charge in [-0.3, -0.25) is 4.79 Å². The van der Waals surface area contributed by atoms with E-state index in [0.29, 0.717) is 13.0 Å². The van der Waals surface area contributed by atoms with Gasteiger partial charge in [-0.2, -0.15) is 0 Å². The molecule has 1 amide bonds. The van der Waals surface area contributed by atoms with E-state index in [-0.39, 0.29) is 25.0 Å². The highest BCUT2D eigenvalue weighted by atomic mass is 16.3. The maximum Gasteiger partial charge on any atom is 0.220 e. The average Bonchev–Trinajstić information content (AvgIpc) is 2.83. The number of carbonyl (C=O) groups excluding carboxylic acids is 1. The second kappa shape index (κ2) is 26.1. The molecule has 0 unspecified atom stereocenters. The first-order valence-corrected chi connectivity index (χ1v) is 12.6. The van der Waals surface area contributed by atoms with Crippen molar-refractivity contribution >= 4 is 5.91 Å². The molecule has 0 saturated carbocycles. The number of unbranched alkanes of at least 4 members (excludes halogenated alkanes) is 1. The Morgan fingerprint density at radius 3 is 1.61 bits per heavy atom. The predicted molar refractivity (Wildman–Crippen MR) is 142 cm³/mol. The fourth-order valence-corrected chi connectivity index (χ4v) is 2.97. The van der Waals surface area contributed by atoms with Crippen molar-refractivity contribution in [2.45, 2.75) is 77.6 Å². The summed E-state index contributed by atoms with van der Waals surface area (Å²) in [5.74, 6) is 0.0456. The molecule has 0 saturated heterocycles. The lowest BCUT2D eigenvalue weighted by atomic mass is 10.0. The molecule has 33 heavy (non-hydrogen) atoms. The van der Waals surface area contributed by atoms with Crippen LogP contribution < -0.4 is 5.32 Å². The highest BCUT2D eigenvalue weighted by Gasteiger charge is 2.05. The van der Waals surface area contributed by atoms with Crippen molar-refractivity contribution in [1.82, 2.24) is 5.32 Å². The normalized spacial score (nSPS) is 12.8. The lowest BCUT2D eigenvalue weighted by molar-refractivity contribution is -0.121. The first-order chi connectivity index (χ1) is 16.2. The average molecular weight is 458 g/mol. The van der Waals surface area contributed by atoms with E-state index in [1.165, 1.54) is 0 Å². The molecule has 0 rings (SSSR count). The first kappa shape index (κ1) is 30.8. The van der Waals surface area contributed by atoms with Gasteiger partial charge in [0.1, 0.15) is 0 Å². The van der Waals surface area contributed by atoms with E-state index in [1.807, 2.05) is 0 Å². The van der Waals surface area contributed by atoms with Gasteiger partial charge in [-0.1, -0.05) is 86.3 Å². The van der Waals surface area contributed by atoms with Crippen molar-refractivity contribution in [2.75, 3.05) is 19.8 Å². The predicted octanol–water partition coefficient (Wildman–Crippen LogP) is 6.35. The Morgan fingerprint density at radius 2 is 1.15 bits per heavy atom. The molecule has 0 radical (unpaired) electrons. The lowest BCUT2D eigenvalue weighted by Crippen LogP contribution is -2.24. The quantitative estimate of drug-likeness (QED) is 0.139. The number of nitrogens with one attached hydrogen (secondary N) is 1. The second-order valence-corrected chi connectivity index (χ2v) is 8.03. The van der Waals surface area contributed by atoms with E-state index in [0.717, 1.165) is 64.2 Å². The molecule has 0 atom stereocenters. The van der Waals surface area contributed by atoms with E-state index in [4.69, 9.17) is 10.2 Å². The zero-order chi connectivity index (χ0) is 24.2. The van der Waals surface area contributed by atoms with Crippen molar-refractivity contribution < 1.29 is 15.0 Å². The third-order valence-corrected chi connectivity index (χ3v) is 5.01. The van der Waals surface area contributed by atoms with Crippen molar-refractivity contribution in [3.8, 4) is 0 Å². The Bertz CT molecular complexity index is 610. The number of aliphatic hydroxyl groups excluding tert-OH is 2. The van der Waals surface area contributed by atoms with Gasteiger partial charge in [0.2, 0.25) is 5.91 Å². The Kier molecular flexibility index (Phi) is 24.4. The summed E-state index contributed by atoms with van der Waals surface area (Å²) in [5, 5.41) is 20.9. The summed E-state index contributed by atoms with van der Waals surface area (Å²) in [6.45, 7) is 2.85. The van der Waals surface area contributed by atoms with Gasteiger partial charge in [0.05, 0.1) is 0 Å². The maximum atomic E-state index is 11.8. The fraction of sp³-hybridized carbons (Fsp3) is 0.552. The van der Waals surface area contributed by atoms with Crippen molar-refractivity contribution in [2.24, 2.45) is 5.92 Å². The second-order valence-electron chi connectivity index (χ2n) is 8.03. The molecule has 186 valence electrons. The maximum absolute atomic E-state index is 11.8. The number of aliphatic hydroxyl groups is 2. The fourth-order valence-electron chi connectivity index (χ4n) is 2.97. The minimum Gasteiger partial charge on any atom is -0.396 e. The third kappa shape index (κ3) is 24.3. The summed E-state index contributed by atoms with van der Waals surface area (Å²) in [7, 11) is 0. The van der Waals surface area contributed by atoms with Crippen LogP contribution in [-0.4, -0.2) is 35.9 Å². The molecule has 0 aliphatic carbocycles. The van der Waals surface area contributed by atoms with Crippen LogP contribution in [0.2, 0.25) is 0 Å². The molecule has 0 fully saturated rings. The SMILES string of the molecule is CC/C=C/C/C=C/C/C=C/C/C=C/C/C=C/C/C=C/CCC(=O)NCCCCC(CO)CO. The molecule has 0 aliphatic rings. The van der Waals surface area contributed by atoms with Crippen LogP contribution in [0.25, 0.3) is 0 Å². The molecule has 0 aliphatic heterocycles. The van der Waals surface area contributed by atoms with Crippen LogP contribution in [0, 0.1) is 5.92 Å². The van der Waals surface area contributed by atoms with E-state index in [9.17, 15) is 4.79 Å². The minimum absolute atomic E-state index is 0.0226. The largest absolute Gasteiger partial charge is 0.396 e. The topological polar surface area (TPSA) is 69.6 Å². The molecular weight excluding hydrogens is 410 g/mol. The number of carbonyl (C=O) groups is 1. The molecule has 4 heteroatoms. The Balaban J connectivity index is 3.57. The van der Waals surface area contributed by atoms with Crippen molar-refractivity contribution in [3.05, 3.63) is 72.9 Å². The zero-order valence-corrected chi connectivity index (χ0v) is 20.7. The van der Waals surface area contributed by atoms with Crippen LogP contribution in [0.15, 0.2) is 72.9 Å². The molecule has 0 aromatic carbocycles. The highest BCUT2D eigenvalue weighted by molar-refractivity contribution is 5.75. The van der Waals surface area contributed by atoms with E-state index >= 15 is 0 Å². The first-order valence-electron chi connectivity index (χ1n) is 12.6. The summed E-state index contributed by atoms with van der Waals surface area (Å²) in [6, 6.07) is 0. The summed E-state index contributed by atoms with van der Waals surface area (Å²) < 4.78 is 0. The monoisotopic (exact) mass is 457 g/mol. The number of hydrogen-bond donors (Lipinski definition) is 3. The summed E-state index contributed by atoms with van der Waals surface area (Å²) in [4.78, 5) is 11.8. The van der Waals surface area contributed by atoms with Crippen molar-refractivity contribution in [3.63, 3.8) is 0 Å². The zero-order valence-electron chi connectivity index (χ0n) is 20.7. The van der Waals surface area contributed by atoms with Crippen LogP contribution in [0.3, 0.4) is 0 Å². The van der Waals surface area contributed by atoms with E-state index in [2.05, 4.69) is 85.2 Å². The Hall–Kier alpha value is -2.17. The summed E-state index contributed by atoms with van der Waals surface area (Å²) >= 11 is 0. The van der Waals surface area contributed by atoms with Crippen molar-refractivity contribution in [1.29, 1.82) is 0 Å². The smallest absolute Gasteiger partial charge is 0.220 e. The van der Waals surface area contributed by atoms with Crippen LogP contribution in [0.4, 0.5) is 0 Å². The van der Waals surface area contributed by atoms with Gasteiger partial charge in [-0.15, -0.1) is 0 Å². The number of rotatable bonds is 21. The molecule has 0 heterocycles. The van der Waals surface area contributed by atoms with Crippen LogP contribution >= 0.6 is 0 Å². The Labute approximate surface area is 202 Å². The van der Waals surface area contributed by atoms with Crippen LogP contribution in [0.1, 0.15) is 77.6 Å². The van der Waals surface area contributed by atoms with Gasteiger partial charge in [0.25, 0.3) is 0 Å². The highest BCUT2D eigenvalue weighted by Crippen LogP contribution is 2.06. The van der Waals surface area contributed by atoms with E-state index < -0.39 is 0 Å². The molecule has 0 spiro atoms. The minimum atomic E-state index is -0.0335. The molecular formula is C29H47NO3. The molecule has 0 bridgehead atoms.